The molecule has 0 unspecified atom stereocenters. The van der Waals surface area contributed by atoms with E-state index in [0.29, 0.717) is 47.0 Å². The van der Waals surface area contributed by atoms with Crippen LogP contribution in [0.25, 0.3) is 5.65 Å². The molecule has 2 amide bonds. The van der Waals surface area contributed by atoms with Gasteiger partial charge in [0.05, 0.1) is 11.9 Å². The number of carbonyl (C=O) groups excluding carboxylic acids is 1. The fourth-order valence-corrected chi connectivity index (χ4v) is 4.80. The molecule has 2 fully saturated rings. The molecular weight excluding hydrogens is 496 g/mol. The van der Waals surface area contributed by atoms with Gasteiger partial charge in [-0.25, -0.2) is 19.5 Å². The number of nitrogens with one attached hydrogen (secondary N) is 1. The van der Waals surface area contributed by atoms with Crippen LogP contribution in [0.2, 0.25) is 5.02 Å². The number of piperidine rings is 1. The summed E-state index contributed by atoms with van der Waals surface area (Å²) in [4.78, 5) is 32.9. The number of hydrogen-bond acceptors (Lipinski definition) is 6. The number of anilines is 3. The topological polar surface area (TPSA) is 112 Å². The molecule has 1 saturated carbocycles. The minimum atomic E-state index is -0.931. The summed E-state index contributed by atoms with van der Waals surface area (Å²) in [5.74, 6) is 1.37. The van der Waals surface area contributed by atoms with E-state index in [4.69, 9.17) is 21.3 Å². The Morgan fingerprint density at radius 3 is 2.68 bits per heavy atom. The van der Waals surface area contributed by atoms with Crippen molar-refractivity contribution in [3.8, 4) is 0 Å². The summed E-state index contributed by atoms with van der Waals surface area (Å²) in [7, 11) is 0. The van der Waals surface area contributed by atoms with Crippen molar-refractivity contribution in [3.63, 3.8) is 0 Å². The first kappa shape index (κ1) is 25.1. The van der Waals surface area contributed by atoms with Crippen molar-refractivity contribution in [2.24, 2.45) is 0 Å². The lowest BCUT2D eigenvalue weighted by molar-refractivity contribution is 0.0597. The van der Waals surface area contributed by atoms with E-state index < -0.39 is 17.8 Å². The molecule has 5 rings (SSSR count). The number of carbonyl (C=O) groups is 2. The van der Waals surface area contributed by atoms with E-state index in [1.54, 1.807) is 34.8 Å². The molecular formula is C26H31ClN6O4. The first-order chi connectivity index (χ1) is 17.6. The van der Waals surface area contributed by atoms with E-state index in [1.165, 1.54) is 9.80 Å². The Morgan fingerprint density at radius 2 is 2.00 bits per heavy atom. The molecule has 11 heteroatoms. The third-order valence-electron chi connectivity index (χ3n) is 6.41. The largest absolute Gasteiger partial charge is 0.465 e. The van der Waals surface area contributed by atoms with E-state index in [-0.39, 0.29) is 6.04 Å². The Labute approximate surface area is 220 Å². The number of halogens is 1. The molecule has 196 valence electrons. The molecule has 10 nitrogen and oxygen atoms in total. The highest BCUT2D eigenvalue weighted by molar-refractivity contribution is 6.31. The highest BCUT2D eigenvalue weighted by Gasteiger charge is 2.32. The van der Waals surface area contributed by atoms with Crippen LogP contribution < -0.4 is 10.2 Å². The Bertz CT molecular complexity index is 1330. The van der Waals surface area contributed by atoms with E-state index in [2.05, 4.69) is 10.4 Å². The highest BCUT2D eigenvalue weighted by atomic mass is 35.5. The Balaban J connectivity index is 1.61. The highest BCUT2D eigenvalue weighted by Crippen LogP contribution is 2.43. The summed E-state index contributed by atoms with van der Waals surface area (Å²) in [5.41, 5.74) is 1.48. The second-order valence-electron chi connectivity index (χ2n) is 10.6. The van der Waals surface area contributed by atoms with Gasteiger partial charge in [0.1, 0.15) is 17.2 Å². The molecule has 3 heterocycles. The average Bonchev–Trinajstić information content (AvgIpc) is 3.57. The number of fused-ring (bicyclic) bond motifs is 1. The summed E-state index contributed by atoms with van der Waals surface area (Å²) >= 11 is 6.31. The molecule has 0 spiro atoms. The van der Waals surface area contributed by atoms with Crippen LogP contribution in [0.4, 0.5) is 26.9 Å². The first-order valence-electron chi connectivity index (χ1n) is 12.5. The SMILES string of the molecule is CC(C)(C)OC(=O)N(c1cccc(Cl)c1)c1cc(N[C@H]2CCCN(C(=O)O)C2)nc2c(C3CC3)cnn12. The van der Waals surface area contributed by atoms with Crippen molar-refractivity contribution in [3.05, 3.63) is 47.1 Å². The zero-order valence-electron chi connectivity index (χ0n) is 21.1. The molecule has 1 aliphatic heterocycles. The summed E-state index contributed by atoms with van der Waals surface area (Å²) < 4.78 is 7.45. The Hall–Kier alpha value is -3.53. The van der Waals surface area contributed by atoms with Gasteiger partial charge in [0, 0.05) is 35.8 Å². The van der Waals surface area contributed by atoms with Crippen LogP contribution in [-0.4, -0.2) is 61.5 Å². The van der Waals surface area contributed by atoms with Crippen molar-refractivity contribution in [2.45, 2.75) is 64.0 Å². The number of hydrogen-bond donors (Lipinski definition) is 2. The standard InChI is InChI=1S/C26H31ClN6O4/c1-26(2,3)37-25(36)32(19-8-4-6-17(27)12-19)22-13-21(29-18-7-5-11-31(15-18)24(34)35)30-23-20(16-9-10-16)14-28-33(22)23/h4,6,8,12-14,16,18H,5,7,9-11,15H2,1-3H3,(H,29,30)(H,34,35)/t18-/m0/s1. The molecule has 3 aromatic rings. The minimum absolute atomic E-state index is 0.110. The lowest BCUT2D eigenvalue weighted by Crippen LogP contribution is -2.44. The first-order valence-corrected chi connectivity index (χ1v) is 12.9. The van der Waals surface area contributed by atoms with Gasteiger partial charge in [-0.1, -0.05) is 17.7 Å². The number of benzene rings is 1. The summed E-state index contributed by atoms with van der Waals surface area (Å²) in [6, 6.07) is 8.63. The van der Waals surface area contributed by atoms with Gasteiger partial charge in [-0.15, -0.1) is 0 Å². The van der Waals surface area contributed by atoms with E-state index in [9.17, 15) is 14.7 Å². The third-order valence-corrected chi connectivity index (χ3v) is 6.65. The summed E-state index contributed by atoms with van der Waals surface area (Å²) in [5, 5.41) is 18.0. The van der Waals surface area contributed by atoms with Crippen LogP contribution in [-0.2, 0) is 4.74 Å². The van der Waals surface area contributed by atoms with Gasteiger partial charge in [-0.2, -0.15) is 9.61 Å². The molecule has 0 radical (unpaired) electrons. The number of ether oxygens (including phenoxy) is 1. The fraction of sp³-hybridized carbons (Fsp3) is 0.462. The molecule has 0 bridgehead atoms. The molecule has 1 saturated heterocycles. The van der Waals surface area contributed by atoms with Crippen LogP contribution in [0.5, 0.6) is 0 Å². The number of amides is 2. The molecule has 1 atom stereocenters. The Morgan fingerprint density at radius 1 is 1.22 bits per heavy atom. The lowest BCUT2D eigenvalue weighted by atomic mass is 10.1. The van der Waals surface area contributed by atoms with Gasteiger partial charge in [0.15, 0.2) is 5.65 Å². The number of nitrogens with zero attached hydrogens (tertiary/aromatic N) is 5. The van der Waals surface area contributed by atoms with Crippen LogP contribution in [0.1, 0.15) is 57.9 Å². The number of aromatic nitrogens is 3. The summed E-state index contributed by atoms with van der Waals surface area (Å²) in [6.45, 7) is 6.31. The van der Waals surface area contributed by atoms with Crippen LogP contribution in [0, 0.1) is 0 Å². The predicted molar refractivity (Wildman–Crippen MR) is 141 cm³/mol. The smallest absolute Gasteiger partial charge is 0.420 e. The van der Waals surface area contributed by atoms with Crippen LogP contribution in [0.3, 0.4) is 0 Å². The molecule has 1 aliphatic carbocycles. The van der Waals surface area contributed by atoms with Crippen LogP contribution >= 0.6 is 11.6 Å². The number of rotatable bonds is 5. The number of likely N-dealkylation sites (tertiary alicyclic amines) is 1. The number of carboxylic acid groups (broad SMARTS) is 1. The molecule has 1 aromatic carbocycles. The average molecular weight is 527 g/mol. The maximum absolute atomic E-state index is 13.6. The van der Waals surface area contributed by atoms with Crippen molar-refractivity contribution in [2.75, 3.05) is 23.3 Å². The van der Waals surface area contributed by atoms with E-state index >= 15 is 0 Å². The van der Waals surface area contributed by atoms with Crippen LogP contribution in [0.15, 0.2) is 36.5 Å². The van der Waals surface area contributed by atoms with E-state index in [1.807, 2.05) is 27.0 Å². The molecule has 2 aliphatic rings. The van der Waals surface area contributed by atoms with Gasteiger partial charge in [-0.05, 0) is 70.6 Å². The van der Waals surface area contributed by atoms with E-state index in [0.717, 1.165) is 31.2 Å². The van der Waals surface area contributed by atoms with Gasteiger partial charge in [-0.3, -0.25) is 0 Å². The summed E-state index contributed by atoms with van der Waals surface area (Å²) in [6.07, 6.45) is 4.00. The second-order valence-corrected chi connectivity index (χ2v) is 11.1. The zero-order chi connectivity index (χ0) is 26.3. The monoisotopic (exact) mass is 526 g/mol. The molecule has 2 aromatic heterocycles. The van der Waals surface area contributed by atoms with Gasteiger partial charge in [0.2, 0.25) is 0 Å². The minimum Gasteiger partial charge on any atom is -0.465 e. The van der Waals surface area contributed by atoms with Crippen molar-refractivity contribution in [1.82, 2.24) is 19.5 Å². The third kappa shape index (κ3) is 5.58. The fourth-order valence-electron chi connectivity index (χ4n) is 4.61. The molecule has 2 N–H and O–H groups in total. The van der Waals surface area contributed by atoms with Crippen molar-refractivity contribution >= 4 is 46.8 Å². The molecule has 37 heavy (non-hydrogen) atoms. The predicted octanol–water partition coefficient (Wildman–Crippen LogP) is 5.89. The maximum atomic E-state index is 13.6. The van der Waals surface area contributed by atoms with Crippen molar-refractivity contribution < 1.29 is 19.4 Å². The van der Waals surface area contributed by atoms with Gasteiger partial charge >= 0.3 is 12.2 Å². The maximum Gasteiger partial charge on any atom is 0.420 e. The van der Waals surface area contributed by atoms with Gasteiger partial charge in [0.25, 0.3) is 0 Å². The zero-order valence-corrected chi connectivity index (χ0v) is 21.9. The second kappa shape index (κ2) is 9.74. The van der Waals surface area contributed by atoms with Crippen molar-refractivity contribution in [1.29, 1.82) is 0 Å². The Kier molecular flexibility index (Phi) is 6.61. The lowest BCUT2D eigenvalue weighted by Gasteiger charge is -2.32. The van der Waals surface area contributed by atoms with Gasteiger partial charge < -0.3 is 20.1 Å². The quantitative estimate of drug-likeness (QED) is 0.426. The normalized spacial score (nSPS) is 18.1.